The van der Waals surface area contributed by atoms with E-state index >= 15 is 0 Å². The maximum Gasteiger partial charge on any atom is 0.229 e. The summed E-state index contributed by atoms with van der Waals surface area (Å²) in [5.41, 5.74) is 2.40. The van der Waals surface area contributed by atoms with Crippen LogP contribution in [0.1, 0.15) is 5.56 Å². The summed E-state index contributed by atoms with van der Waals surface area (Å²) in [6.45, 7) is -0.0548. The fourth-order valence-electron chi connectivity index (χ4n) is 2.25. The Morgan fingerprint density at radius 2 is 1.96 bits per heavy atom. The van der Waals surface area contributed by atoms with Crippen LogP contribution in [0.25, 0.3) is 0 Å². The Morgan fingerprint density at radius 1 is 1.12 bits per heavy atom. The first-order valence-electron chi connectivity index (χ1n) is 7.59. The summed E-state index contributed by atoms with van der Waals surface area (Å²) in [7, 11) is 1.62. The van der Waals surface area contributed by atoms with Crippen molar-refractivity contribution in [1.29, 1.82) is 0 Å². The van der Waals surface area contributed by atoms with Gasteiger partial charge < -0.3 is 20.5 Å². The number of nitrogens with one attached hydrogen (secondary N) is 2. The molecule has 3 aromatic rings. The molecule has 2 aromatic carbocycles. The Morgan fingerprint density at radius 3 is 2.76 bits per heavy atom. The van der Waals surface area contributed by atoms with Crippen LogP contribution in [0.3, 0.4) is 0 Å². The number of aliphatic hydroxyl groups excluding tert-OH is 1. The van der Waals surface area contributed by atoms with Crippen LogP contribution >= 0.6 is 15.9 Å². The standard InChI is InChI=1S/C18H17BrN4O2/c1-25-14-7-4-6-13(9-14)21-18-20-10-15(19)17(23-18)22-16-8-3-2-5-12(16)11-24/h2-10,24H,11H2,1H3,(H2,20,21,22,23). The maximum absolute atomic E-state index is 9.46. The highest BCUT2D eigenvalue weighted by Crippen LogP contribution is 2.27. The van der Waals surface area contributed by atoms with Crippen LogP contribution in [-0.2, 0) is 6.61 Å². The Kier molecular flexibility index (Phi) is 5.47. The summed E-state index contributed by atoms with van der Waals surface area (Å²) >= 11 is 3.44. The van der Waals surface area contributed by atoms with Crippen molar-refractivity contribution in [2.24, 2.45) is 0 Å². The van der Waals surface area contributed by atoms with Gasteiger partial charge in [0.25, 0.3) is 0 Å². The molecule has 0 aliphatic heterocycles. The Labute approximate surface area is 154 Å². The van der Waals surface area contributed by atoms with E-state index < -0.39 is 0 Å². The molecule has 0 bridgehead atoms. The number of ether oxygens (including phenoxy) is 1. The summed E-state index contributed by atoms with van der Waals surface area (Å²) in [5.74, 6) is 1.79. The predicted octanol–water partition coefficient (Wildman–Crippen LogP) is 4.23. The van der Waals surface area contributed by atoms with Crippen molar-refractivity contribution in [3.8, 4) is 5.75 Å². The first kappa shape index (κ1) is 17.2. The smallest absolute Gasteiger partial charge is 0.229 e. The van der Waals surface area contributed by atoms with Gasteiger partial charge in [-0.3, -0.25) is 0 Å². The fraction of sp³-hybridized carbons (Fsp3) is 0.111. The zero-order valence-corrected chi connectivity index (χ0v) is 15.1. The molecule has 7 heteroatoms. The second kappa shape index (κ2) is 7.96. The Hall–Kier alpha value is -2.64. The Bertz CT molecular complexity index is 873. The lowest BCUT2D eigenvalue weighted by Crippen LogP contribution is -2.03. The van der Waals surface area contributed by atoms with Gasteiger partial charge in [0, 0.05) is 29.2 Å². The number of para-hydroxylation sites is 1. The Balaban J connectivity index is 1.85. The van der Waals surface area contributed by atoms with Crippen LogP contribution in [0, 0.1) is 0 Å². The van der Waals surface area contributed by atoms with Gasteiger partial charge in [0.1, 0.15) is 11.6 Å². The molecule has 0 saturated heterocycles. The first-order chi connectivity index (χ1) is 12.2. The highest BCUT2D eigenvalue weighted by atomic mass is 79.9. The number of aromatic nitrogens is 2. The van der Waals surface area contributed by atoms with E-state index in [4.69, 9.17) is 4.74 Å². The van der Waals surface area contributed by atoms with E-state index in [0.29, 0.717) is 11.8 Å². The van der Waals surface area contributed by atoms with E-state index in [1.54, 1.807) is 13.3 Å². The van der Waals surface area contributed by atoms with Gasteiger partial charge in [-0.2, -0.15) is 4.98 Å². The summed E-state index contributed by atoms with van der Waals surface area (Å²) < 4.78 is 5.93. The molecule has 1 heterocycles. The van der Waals surface area contributed by atoms with Gasteiger partial charge in [-0.15, -0.1) is 0 Å². The second-order valence-corrected chi connectivity index (χ2v) is 6.04. The van der Waals surface area contributed by atoms with Crippen LogP contribution in [0.5, 0.6) is 5.75 Å². The largest absolute Gasteiger partial charge is 0.497 e. The van der Waals surface area contributed by atoms with Crippen molar-refractivity contribution in [1.82, 2.24) is 9.97 Å². The lowest BCUT2D eigenvalue weighted by molar-refractivity contribution is 0.282. The highest BCUT2D eigenvalue weighted by Gasteiger charge is 2.08. The van der Waals surface area contributed by atoms with E-state index in [9.17, 15) is 5.11 Å². The van der Waals surface area contributed by atoms with Gasteiger partial charge in [0.2, 0.25) is 5.95 Å². The maximum atomic E-state index is 9.46. The van der Waals surface area contributed by atoms with Crippen molar-refractivity contribution in [3.05, 3.63) is 64.8 Å². The number of benzene rings is 2. The van der Waals surface area contributed by atoms with Gasteiger partial charge in [0.05, 0.1) is 18.2 Å². The molecule has 25 heavy (non-hydrogen) atoms. The quantitative estimate of drug-likeness (QED) is 0.574. The van der Waals surface area contributed by atoms with E-state index in [2.05, 4.69) is 36.5 Å². The van der Waals surface area contributed by atoms with E-state index in [1.807, 2.05) is 48.5 Å². The van der Waals surface area contributed by atoms with Gasteiger partial charge >= 0.3 is 0 Å². The molecule has 0 fully saturated rings. The van der Waals surface area contributed by atoms with Gasteiger partial charge in [0.15, 0.2) is 0 Å². The monoisotopic (exact) mass is 400 g/mol. The van der Waals surface area contributed by atoms with Crippen molar-refractivity contribution in [2.45, 2.75) is 6.61 Å². The van der Waals surface area contributed by atoms with Crippen molar-refractivity contribution < 1.29 is 9.84 Å². The summed E-state index contributed by atoms with van der Waals surface area (Å²) in [6, 6.07) is 15.0. The number of hydrogen-bond donors (Lipinski definition) is 3. The van der Waals surface area contributed by atoms with Gasteiger partial charge in [-0.1, -0.05) is 24.3 Å². The molecule has 3 N–H and O–H groups in total. The number of nitrogens with zero attached hydrogens (tertiary/aromatic N) is 2. The summed E-state index contributed by atoms with van der Waals surface area (Å²) in [5, 5.41) is 15.8. The summed E-state index contributed by atoms with van der Waals surface area (Å²) in [4.78, 5) is 8.77. The number of aliphatic hydroxyl groups is 1. The molecule has 0 amide bonds. The molecule has 6 nitrogen and oxygen atoms in total. The molecule has 0 radical (unpaired) electrons. The van der Waals surface area contributed by atoms with Crippen LogP contribution in [0.4, 0.5) is 23.1 Å². The third-order valence-electron chi connectivity index (χ3n) is 3.51. The molecule has 1 aromatic heterocycles. The lowest BCUT2D eigenvalue weighted by atomic mass is 10.2. The molecule has 128 valence electrons. The van der Waals surface area contributed by atoms with Crippen molar-refractivity contribution in [2.75, 3.05) is 17.7 Å². The molecule has 0 atom stereocenters. The molecule has 0 unspecified atom stereocenters. The minimum atomic E-state index is -0.0548. The number of hydrogen-bond acceptors (Lipinski definition) is 6. The minimum Gasteiger partial charge on any atom is -0.497 e. The van der Waals surface area contributed by atoms with Crippen LogP contribution < -0.4 is 15.4 Å². The highest BCUT2D eigenvalue weighted by molar-refractivity contribution is 9.10. The van der Waals surface area contributed by atoms with E-state index in [0.717, 1.165) is 27.2 Å². The number of rotatable bonds is 6. The topological polar surface area (TPSA) is 79.3 Å². The predicted molar refractivity (Wildman–Crippen MR) is 102 cm³/mol. The van der Waals surface area contributed by atoms with Gasteiger partial charge in [-0.25, -0.2) is 4.98 Å². The molecule has 0 saturated carbocycles. The molecular formula is C18H17BrN4O2. The number of anilines is 4. The van der Waals surface area contributed by atoms with E-state index in [1.165, 1.54) is 0 Å². The number of methoxy groups -OCH3 is 1. The SMILES string of the molecule is COc1cccc(Nc2ncc(Br)c(Nc3ccccc3CO)n2)c1. The van der Waals surface area contributed by atoms with Crippen LogP contribution in [0.2, 0.25) is 0 Å². The second-order valence-electron chi connectivity index (χ2n) is 5.19. The van der Waals surface area contributed by atoms with Crippen molar-refractivity contribution >= 4 is 39.1 Å². The number of halogens is 1. The minimum absolute atomic E-state index is 0.0548. The zero-order valence-electron chi connectivity index (χ0n) is 13.5. The van der Waals surface area contributed by atoms with Gasteiger partial charge in [-0.05, 0) is 34.1 Å². The zero-order chi connectivity index (χ0) is 17.6. The van der Waals surface area contributed by atoms with Crippen LogP contribution in [0.15, 0.2) is 59.2 Å². The summed E-state index contributed by atoms with van der Waals surface area (Å²) in [6.07, 6.45) is 1.67. The molecule has 0 aliphatic carbocycles. The average molecular weight is 401 g/mol. The average Bonchev–Trinajstić information content (AvgIpc) is 2.65. The third kappa shape index (κ3) is 4.26. The molecule has 0 spiro atoms. The molecular weight excluding hydrogens is 384 g/mol. The normalized spacial score (nSPS) is 10.4. The molecule has 3 rings (SSSR count). The first-order valence-corrected chi connectivity index (χ1v) is 8.38. The lowest BCUT2D eigenvalue weighted by Gasteiger charge is -2.13. The van der Waals surface area contributed by atoms with Crippen LogP contribution in [-0.4, -0.2) is 22.2 Å². The van der Waals surface area contributed by atoms with Crippen molar-refractivity contribution in [3.63, 3.8) is 0 Å². The third-order valence-corrected chi connectivity index (χ3v) is 4.09. The van der Waals surface area contributed by atoms with E-state index in [-0.39, 0.29) is 6.61 Å². The fourth-order valence-corrected chi connectivity index (χ4v) is 2.54. The molecule has 0 aliphatic rings.